The van der Waals surface area contributed by atoms with Gasteiger partial charge in [0.05, 0.1) is 0 Å². The Bertz CT molecular complexity index is 231. The van der Waals surface area contributed by atoms with Crippen LogP contribution in [0.5, 0.6) is 0 Å². The molecule has 1 heterocycles. The summed E-state index contributed by atoms with van der Waals surface area (Å²) >= 11 is 0. The maximum Gasteiger partial charge on any atom is 0.150 e. The number of nitrogens with two attached hydrogens (primary N) is 1. The number of nitrogens with one attached hydrogen (secondary N) is 1. The number of nitrogens with zero attached hydrogens (tertiary/aromatic N) is 2. The van der Waals surface area contributed by atoms with Crippen molar-refractivity contribution in [2.24, 2.45) is 5.73 Å². The van der Waals surface area contributed by atoms with Crippen LogP contribution in [0.1, 0.15) is 37.3 Å². The SMILES string of the molecule is Cc1nc(CCCCCCN)n[nH]1. The molecule has 74 valence electrons. The molecule has 0 aliphatic heterocycles. The molecular weight excluding hydrogens is 164 g/mol. The molecule has 0 radical (unpaired) electrons. The van der Waals surface area contributed by atoms with Gasteiger partial charge in [-0.2, -0.15) is 5.10 Å². The monoisotopic (exact) mass is 182 g/mol. The van der Waals surface area contributed by atoms with Gasteiger partial charge in [0.2, 0.25) is 0 Å². The minimum atomic E-state index is 0.805. The summed E-state index contributed by atoms with van der Waals surface area (Å²) in [6, 6.07) is 0. The van der Waals surface area contributed by atoms with Crippen LogP contribution in [0.4, 0.5) is 0 Å². The number of H-pyrrole nitrogens is 1. The molecule has 3 N–H and O–H groups in total. The minimum Gasteiger partial charge on any atom is -0.330 e. The maximum absolute atomic E-state index is 5.40. The van der Waals surface area contributed by atoms with Gasteiger partial charge >= 0.3 is 0 Å². The van der Waals surface area contributed by atoms with E-state index < -0.39 is 0 Å². The number of aromatic amines is 1. The predicted molar refractivity (Wildman–Crippen MR) is 52.3 cm³/mol. The van der Waals surface area contributed by atoms with Crippen molar-refractivity contribution in [1.82, 2.24) is 15.2 Å². The molecule has 1 aromatic rings. The number of hydrogen-bond acceptors (Lipinski definition) is 3. The summed E-state index contributed by atoms with van der Waals surface area (Å²) in [7, 11) is 0. The molecule has 0 spiro atoms. The Hall–Kier alpha value is -0.900. The van der Waals surface area contributed by atoms with Crippen LogP contribution in [0.2, 0.25) is 0 Å². The average Bonchev–Trinajstić information content (AvgIpc) is 2.51. The van der Waals surface area contributed by atoms with Gasteiger partial charge in [-0.1, -0.05) is 12.8 Å². The van der Waals surface area contributed by atoms with Crippen LogP contribution in [0.25, 0.3) is 0 Å². The number of hydrogen-bond donors (Lipinski definition) is 2. The fourth-order valence-electron chi connectivity index (χ4n) is 1.28. The molecule has 1 aromatic heterocycles. The lowest BCUT2D eigenvalue weighted by Crippen LogP contribution is -1.98. The zero-order chi connectivity index (χ0) is 9.52. The molecule has 0 saturated heterocycles. The van der Waals surface area contributed by atoms with Crippen LogP contribution >= 0.6 is 0 Å². The largest absolute Gasteiger partial charge is 0.330 e. The van der Waals surface area contributed by atoms with E-state index in [4.69, 9.17) is 5.73 Å². The van der Waals surface area contributed by atoms with Crippen molar-refractivity contribution in [1.29, 1.82) is 0 Å². The van der Waals surface area contributed by atoms with Gasteiger partial charge in [0.1, 0.15) is 5.82 Å². The third kappa shape index (κ3) is 4.03. The highest BCUT2D eigenvalue weighted by atomic mass is 15.2. The molecule has 0 aromatic carbocycles. The summed E-state index contributed by atoms with van der Waals surface area (Å²) in [5.74, 6) is 1.84. The third-order valence-electron chi connectivity index (χ3n) is 2.00. The van der Waals surface area contributed by atoms with Gasteiger partial charge in [0, 0.05) is 6.42 Å². The first-order chi connectivity index (χ1) is 6.33. The summed E-state index contributed by atoms with van der Waals surface area (Å²) in [6.07, 6.45) is 5.73. The number of unbranched alkanes of at least 4 members (excludes halogenated alkanes) is 3. The van der Waals surface area contributed by atoms with Gasteiger partial charge in [0.15, 0.2) is 5.82 Å². The topological polar surface area (TPSA) is 67.6 Å². The third-order valence-corrected chi connectivity index (χ3v) is 2.00. The molecular formula is C9H18N4. The lowest BCUT2D eigenvalue weighted by atomic mass is 10.1. The average molecular weight is 182 g/mol. The summed E-state index contributed by atoms with van der Waals surface area (Å²) in [5, 5.41) is 6.91. The molecule has 0 saturated carbocycles. The molecule has 4 nitrogen and oxygen atoms in total. The number of aryl methyl sites for hydroxylation is 2. The summed E-state index contributed by atoms with van der Waals surface area (Å²) in [5.41, 5.74) is 5.40. The highest BCUT2D eigenvalue weighted by Crippen LogP contribution is 2.03. The van der Waals surface area contributed by atoms with Crippen molar-refractivity contribution in [3.05, 3.63) is 11.6 Å². The molecule has 4 heteroatoms. The van der Waals surface area contributed by atoms with Crippen LogP contribution < -0.4 is 5.73 Å². The summed E-state index contributed by atoms with van der Waals surface area (Å²) in [6.45, 7) is 2.73. The van der Waals surface area contributed by atoms with E-state index >= 15 is 0 Å². The van der Waals surface area contributed by atoms with Gasteiger partial charge < -0.3 is 5.73 Å². The van der Waals surface area contributed by atoms with E-state index in [9.17, 15) is 0 Å². The predicted octanol–water partition coefficient (Wildman–Crippen LogP) is 1.17. The van der Waals surface area contributed by atoms with E-state index in [1.165, 1.54) is 12.8 Å². The van der Waals surface area contributed by atoms with Gasteiger partial charge in [-0.05, 0) is 26.3 Å². The summed E-state index contributed by atoms with van der Waals surface area (Å²) in [4.78, 5) is 4.24. The molecule has 0 aliphatic rings. The van der Waals surface area contributed by atoms with Crippen LogP contribution in [0.3, 0.4) is 0 Å². The Morgan fingerprint density at radius 1 is 1.23 bits per heavy atom. The van der Waals surface area contributed by atoms with E-state index in [1.54, 1.807) is 0 Å². The molecule has 0 amide bonds. The smallest absolute Gasteiger partial charge is 0.150 e. The number of aromatic nitrogens is 3. The molecule has 0 atom stereocenters. The zero-order valence-corrected chi connectivity index (χ0v) is 8.21. The highest BCUT2D eigenvalue weighted by Gasteiger charge is 1.98. The Morgan fingerprint density at radius 2 is 2.00 bits per heavy atom. The van der Waals surface area contributed by atoms with Crippen molar-refractivity contribution in [3.63, 3.8) is 0 Å². The molecule has 13 heavy (non-hydrogen) atoms. The van der Waals surface area contributed by atoms with Crippen LogP contribution in [0, 0.1) is 6.92 Å². The Labute approximate surface area is 78.9 Å². The van der Waals surface area contributed by atoms with Crippen molar-refractivity contribution in [3.8, 4) is 0 Å². The fourth-order valence-corrected chi connectivity index (χ4v) is 1.28. The Morgan fingerprint density at radius 3 is 2.62 bits per heavy atom. The van der Waals surface area contributed by atoms with Gasteiger partial charge in [-0.15, -0.1) is 0 Å². The first kappa shape index (κ1) is 10.2. The van der Waals surface area contributed by atoms with Crippen molar-refractivity contribution in [2.45, 2.75) is 39.0 Å². The molecule has 0 unspecified atom stereocenters. The first-order valence-electron chi connectivity index (χ1n) is 4.91. The quantitative estimate of drug-likeness (QED) is 0.649. The zero-order valence-electron chi connectivity index (χ0n) is 8.21. The van der Waals surface area contributed by atoms with Crippen LogP contribution in [0.15, 0.2) is 0 Å². The molecule has 0 bridgehead atoms. The van der Waals surface area contributed by atoms with E-state index in [0.717, 1.165) is 37.5 Å². The molecule has 0 aliphatic carbocycles. The van der Waals surface area contributed by atoms with E-state index in [-0.39, 0.29) is 0 Å². The lowest BCUT2D eigenvalue weighted by Gasteiger charge is -1.96. The van der Waals surface area contributed by atoms with E-state index in [2.05, 4.69) is 15.2 Å². The van der Waals surface area contributed by atoms with Gasteiger partial charge in [0.25, 0.3) is 0 Å². The van der Waals surface area contributed by atoms with Crippen molar-refractivity contribution >= 4 is 0 Å². The lowest BCUT2D eigenvalue weighted by molar-refractivity contribution is 0.636. The second-order valence-corrected chi connectivity index (χ2v) is 3.29. The Kier molecular flexibility index (Phi) is 4.46. The van der Waals surface area contributed by atoms with Gasteiger partial charge in [-0.3, -0.25) is 5.10 Å². The highest BCUT2D eigenvalue weighted by molar-refractivity contribution is 4.87. The van der Waals surface area contributed by atoms with Crippen molar-refractivity contribution in [2.75, 3.05) is 6.54 Å². The van der Waals surface area contributed by atoms with Crippen LogP contribution in [-0.2, 0) is 6.42 Å². The van der Waals surface area contributed by atoms with Gasteiger partial charge in [-0.25, -0.2) is 4.98 Å². The maximum atomic E-state index is 5.40. The molecule has 1 rings (SSSR count). The second kappa shape index (κ2) is 5.70. The number of rotatable bonds is 6. The Balaban J connectivity index is 2.06. The van der Waals surface area contributed by atoms with E-state index in [1.807, 2.05) is 6.92 Å². The van der Waals surface area contributed by atoms with E-state index in [0.29, 0.717) is 0 Å². The first-order valence-corrected chi connectivity index (χ1v) is 4.91. The van der Waals surface area contributed by atoms with Crippen molar-refractivity contribution < 1.29 is 0 Å². The minimum absolute atomic E-state index is 0.805. The summed E-state index contributed by atoms with van der Waals surface area (Å²) < 4.78 is 0. The normalized spacial score (nSPS) is 10.6. The standard InChI is InChI=1S/C9H18N4/c1-8-11-9(13-12-8)6-4-2-3-5-7-10/h2-7,10H2,1H3,(H,11,12,13). The van der Waals surface area contributed by atoms with Crippen LogP contribution in [-0.4, -0.2) is 21.7 Å². The second-order valence-electron chi connectivity index (χ2n) is 3.29. The fraction of sp³-hybridized carbons (Fsp3) is 0.778. The molecule has 0 fully saturated rings.